The van der Waals surface area contributed by atoms with Crippen LogP contribution in [0.5, 0.6) is 5.75 Å². The molecular formula is C15H9ClFNO3. The molecule has 6 heteroatoms. The summed E-state index contributed by atoms with van der Waals surface area (Å²) >= 11 is 5.93. The zero-order valence-corrected chi connectivity index (χ0v) is 11.4. The molecule has 21 heavy (non-hydrogen) atoms. The average Bonchev–Trinajstić information content (AvgIpc) is 2.47. The van der Waals surface area contributed by atoms with Gasteiger partial charge >= 0.3 is 5.97 Å². The van der Waals surface area contributed by atoms with Crippen LogP contribution in [0.3, 0.4) is 0 Å². The lowest BCUT2D eigenvalue weighted by Gasteiger charge is -2.09. The molecule has 0 fully saturated rings. The molecule has 0 aromatic heterocycles. The molecule has 2 aromatic rings. The van der Waals surface area contributed by atoms with E-state index in [-0.39, 0.29) is 28.5 Å². The molecule has 0 aliphatic carbocycles. The fourth-order valence-corrected chi connectivity index (χ4v) is 1.90. The normalized spacial score (nSPS) is 9.95. The second-order valence-corrected chi connectivity index (χ2v) is 4.56. The summed E-state index contributed by atoms with van der Waals surface area (Å²) in [6.45, 7) is -0.168. The highest BCUT2D eigenvalue weighted by Crippen LogP contribution is 2.26. The van der Waals surface area contributed by atoms with E-state index in [2.05, 4.69) is 0 Å². The number of halogens is 2. The van der Waals surface area contributed by atoms with Crippen molar-refractivity contribution in [1.29, 1.82) is 5.26 Å². The topological polar surface area (TPSA) is 70.3 Å². The van der Waals surface area contributed by atoms with Crippen molar-refractivity contribution in [1.82, 2.24) is 0 Å². The van der Waals surface area contributed by atoms with Gasteiger partial charge in [0, 0.05) is 5.56 Å². The first kappa shape index (κ1) is 14.8. The molecule has 2 rings (SSSR count). The van der Waals surface area contributed by atoms with Gasteiger partial charge < -0.3 is 9.84 Å². The number of nitrogens with zero attached hydrogens (tertiary/aromatic N) is 1. The van der Waals surface area contributed by atoms with Crippen molar-refractivity contribution >= 4 is 17.6 Å². The van der Waals surface area contributed by atoms with E-state index in [1.165, 1.54) is 30.3 Å². The van der Waals surface area contributed by atoms with Crippen molar-refractivity contribution in [2.75, 3.05) is 0 Å². The van der Waals surface area contributed by atoms with Gasteiger partial charge in [0.1, 0.15) is 18.2 Å². The first-order valence-corrected chi connectivity index (χ1v) is 6.23. The predicted octanol–water partition coefficient (Wildman–Crippen LogP) is 3.63. The van der Waals surface area contributed by atoms with Crippen LogP contribution in [0.4, 0.5) is 4.39 Å². The van der Waals surface area contributed by atoms with Gasteiger partial charge in [0.2, 0.25) is 0 Å². The quantitative estimate of drug-likeness (QED) is 0.936. The molecule has 0 radical (unpaired) electrons. The maximum absolute atomic E-state index is 13.6. The molecule has 0 saturated heterocycles. The fourth-order valence-electron chi connectivity index (χ4n) is 1.66. The highest BCUT2D eigenvalue weighted by molar-refractivity contribution is 6.32. The van der Waals surface area contributed by atoms with Gasteiger partial charge in [0.05, 0.1) is 22.2 Å². The van der Waals surface area contributed by atoms with E-state index < -0.39 is 11.8 Å². The molecule has 0 bridgehead atoms. The van der Waals surface area contributed by atoms with Crippen LogP contribution in [0.15, 0.2) is 36.4 Å². The average molecular weight is 306 g/mol. The molecule has 4 nitrogen and oxygen atoms in total. The summed E-state index contributed by atoms with van der Waals surface area (Å²) in [5, 5.41) is 17.8. The third-order valence-corrected chi connectivity index (χ3v) is 3.03. The summed E-state index contributed by atoms with van der Waals surface area (Å²) in [7, 11) is 0. The number of carboxylic acid groups (broad SMARTS) is 1. The van der Waals surface area contributed by atoms with Crippen molar-refractivity contribution in [2.45, 2.75) is 6.61 Å². The van der Waals surface area contributed by atoms with Gasteiger partial charge in [-0.1, -0.05) is 11.6 Å². The van der Waals surface area contributed by atoms with E-state index in [0.717, 1.165) is 6.07 Å². The Hall–Kier alpha value is -2.58. The van der Waals surface area contributed by atoms with Crippen LogP contribution < -0.4 is 4.74 Å². The summed E-state index contributed by atoms with van der Waals surface area (Å²) in [5.41, 5.74) is 0.461. The molecule has 0 amide bonds. The lowest BCUT2D eigenvalue weighted by Crippen LogP contribution is -2.03. The molecule has 106 valence electrons. The molecule has 0 aliphatic heterocycles. The van der Waals surface area contributed by atoms with Crippen LogP contribution >= 0.6 is 11.6 Å². The van der Waals surface area contributed by atoms with Crippen molar-refractivity contribution in [2.24, 2.45) is 0 Å². The van der Waals surface area contributed by atoms with E-state index in [0.29, 0.717) is 5.56 Å². The van der Waals surface area contributed by atoms with Gasteiger partial charge in [-0.25, -0.2) is 9.18 Å². The number of rotatable bonds is 4. The number of aromatic carboxylic acids is 1. The highest BCUT2D eigenvalue weighted by atomic mass is 35.5. The molecule has 0 heterocycles. The molecule has 0 unspecified atom stereocenters. The maximum Gasteiger partial charge on any atom is 0.335 e. The van der Waals surface area contributed by atoms with Crippen LogP contribution in [-0.4, -0.2) is 11.1 Å². The minimum atomic E-state index is -1.15. The zero-order chi connectivity index (χ0) is 15.4. The Morgan fingerprint density at radius 3 is 2.71 bits per heavy atom. The lowest BCUT2D eigenvalue weighted by atomic mass is 10.1. The number of benzene rings is 2. The third kappa shape index (κ3) is 3.50. The maximum atomic E-state index is 13.6. The lowest BCUT2D eigenvalue weighted by molar-refractivity contribution is 0.0696. The van der Waals surface area contributed by atoms with E-state index in [4.69, 9.17) is 26.7 Å². The molecule has 0 atom stereocenters. The van der Waals surface area contributed by atoms with E-state index >= 15 is 0 Å². The van der Waals surface area contributed by atoms with Gasteiger partial charge in [-0.2, -0.15) is 5.26 Å². The SMILES string of the molecule is N#Cc1ccc(OCc2cc(C(=O)O)ccc2F)c(Cl)c1. The predicted molar refractivity (Wildman–Crippen MR) is 73.9 cm³/mol. The van der Waals surface area contributed by atoms with Crippen LogP contribution in [-0.2, 0) is 6.61 Å². The largest absolute Gasteiger partial charge is 0.487 e. The standard InChI is InChI=1S/C15H9ClFNO3/c16-12-5-9(7-18)1-4-14(12)21-8-11-6-10(15(19)20)2-3-13(11)17/h1-6H,8H2,(H,19,20). The minimum absolute atomic E-state index is 0.0269. The first-order chi connectivity index (χ1) is 10.0. The van der Waals surface area contributed by atoms with Crippen LogP contribution in [0.25, 0.3) is 0 Å². The Bertz CT molecular complexity index is 740. The summed E-state index contributed by atoms with van der Waals surface area (Å²) in [6.07, 6.45) is 0. The van der Waals surface area contributed by atoms with Crippen LogP contribution in [0.1, 0.15) is 21.5 Å². The minimum Gasteiger partial charge on any atom is -0.487 e. The Labute approximate surface area is 125 Å². The highest BCUT2D eigenvalue weighted by Gasteiger charge is 2.10. The van der Waals surface area contributed by atoms with Crippen molar-refractivity contribution in [3.63, 3.8) is 0 Å². The summed E-state index contributed by atoms with van der Waals surface area (Å²) in [5.74, 6) is -1.42. The first-order valence-electron chi connectivity index (χ1n) is 5.85. The van der Waals surface area contributed by atoms with Crippen LogP contribution in [0, 0.1) is 17.1 Å². The van der Waals surface area contributed by atoms with Crippen molar-refractivity contribution < 1.29 is 19.0 Å². The second-order valence-electron chi connectivity index (χ2n) is 4.16. The number of hydrogen-bond acceptors (Lipinski definition) is 3. The number of carbonyl (C=O) groups is 1. The zero-order valence-electron chi connectivity index (χ0n) is 10.6. The number of hydrogen-bond donors (Lipinski definition) is 1. The monoisotopic (exact) mass is 305 g/mol. The molecule has 0 spiro atoms. The fraction of sp³-hybridized carbons (Fsp3) is 0.0667. The Morgan fingerprint density at radius 1 is 1.33 bits per heavy atom. The van der Waals surface area contributed by atoms with E-state index in [1.54, 1.807) is 0 Å². The Balaban J connectivity index is 2.18. The molecule has 0 saturated carbocycles. The molecule has 0 aliphatic rings. The summed E-state index contributed by atoms with van der Waals surface area (Å²) < 4.78 is 19.0. The smallest absolute Gasteiger partial charge is 0.335 e. The van der Waals surface area contributed by atoms with Crippen molar-refractivity contribution in [3.8, 4) is 11.8 Å². The van der Waals surface area contributed by atoms with Gasteiger partial charge in [0.15, 0.2) is 0 Å². The summed E-state index contributed by atoms with van der Waals surface area (Å²) in [4.78, 5) is 10.8. The van der Waals surface area contributed by atoms with Crippen molar-refractivity contribution in [3.05, 3.63) is 63.9 Å². The number of ether oxygens (including phenoxy) is 1. The Kier molecular flexibility index (Phi) is 4.41. The van der Waals surface area contributed by atoms with Gasteiger partial charge in [-0.05, 0) is 36.4 Å². The van der Waals surface area contributed by atoms with E-state index in [1.807, 2.05) is 6.07 Å². The second kappa shape index (κ2) is 6.25. The van der Waals surface area contributed by atoms with E-state index in [9.17, 15) is 9.18 Å². The number of nitriles is 1. The third-order valence-electron chi connectivity index (χ3n) is 2.74. The summed E-state index contributed by atoms with van der Waals surface area (Å²) in [6, 6.07) is 9.83. The molecular weight excluding hydrogens is 297 g/mol. The van der Waals surface area contributed by atoms with Gasteiger partial charge in [-0.15, -0.1) is 0 Å². The molecule has 1 N–H and O–H groups in total. The van der Waals surface area contributed by atoms with Gasteiger partial charge in [0.25, 0.3) is 0 Å². The Morgan fingerprint density at radius 2 is 2.10 bits per heavy atom. The van der Waals surface area contributed by atoms with Crippen LogP contribution in [0.2, 0.25) is 5.02 Å². The number of carboxylic acids is 1. The molecule has 2 aromatic carbocycles. The van der Waals surface area contributed by atoms with Gasteiger partial charge in [-0.3, -0.25) is 0 Å².